The predicted molar refractivity (Wildman–Crippen MR) is 52.9 cm³/mol. The first-order chi connectivity index (χ1) is 6.79. The summed E-state index contributed by atoms with van der Waals surface area (Å²) in [5.41, 5.74) is 1.46. The van der Waals surface area contributed by atoms with Crippen molar-refractivity contribution in [2.75, 3.05) is 0 Å². The van der Waals surface area contributed by atoms with Gasteiger partial charge in [-0.15, -0.1) is 11.3 Å². The minimum Gasteiger partial charge on any atom is -0.298 e. The summed E-state index contributed by atoms with van der Waals surface area (Å²) in [6.07, 6.45) is 2.24. The molecule has 0 bridgehead atoms. The fourth-order valence-electron chi connectivity index (χ4n) is 1.09. The van der Waals surface area contributed by atoms with Gasteiger partial charge in [-0.25, -0.2) is 4.98 Å². The molecule has 0 aliphatic heterocycles. The topological polar surface area (TPSA) is 30.0 Å². The Kier molecular flexibility index (Phi) is 2.37. The van der Waals surface area contributed by atoms with Crippen LogP contribution in [0.4, 0.5) is 4.39 Å². The third kappa shape index (κ3) is 1.70. The number of halogens is 1. The number of carbonyl (C=O) groups excluding carboxylic acids is 1. The van der Waals surface area contributed by atoms with E-state index in [2.05, 4.69) is 4.98 Å². The molecular formula is C10H6FNOS. The van der Waals surface area contributed by atoms with E-state index in [9.17, 15) is 9.18 Å². The smallest absolute Gasteiger partial charge is 0.212 e. The largest absolute Gasteiger partial charge is 0.298 e. The summed E-state index contributed by atoms with van der Waals surface area (Å²) in [6, 6.07) is 4.70. The Bertz CT molecular complexity index is 449. The molecule has 0 N–H and O–H groups in total. The lowest BCUT2D eigenvalue weighted by Crippen LogP contribution is -1.81. The average molecular weight is 207 g/mol. The summed E-state index contributed by atoms with van der Waals surface area (Å²) in [6.45, 7) is 0. The highest BCUT2D eigenvalue weighted by atomic mass is 32.1. The standard InChI is InChI=1S/C10H6FNOS/c11-10-2-1-8(4-12-10)9-3-7(5-13)6-14-9/h1-6H. The summed E-state index contributed by atoms with van der Waals surface area (Å²) in [5, 5.41) is 1.76. The van der Waals surface area contributed by atoms with Gasteiger partial charge in [0.25, 0.3) is 0 Å². The van der Waals surface area contributed by atoms with Gasteiger partial charge >= 0.3 is 0 Å². The molecule has 0 fully saturated rings. The Balaban J connectivity index is 2.39. The lowest BCUT2D eigenvalue weighted by Gasteiger charge is -1.94. The van der Waals surface area contributed by atoms with Gasteiger partial charge in [-0.05, 0) is 18.2 Å². The summed E-state index contributed by atoms with van der Waals surface area (Å²) < 4.78 is 12.5. The van der Waals surface area contributed by atoms with Gasteiger partial charge in [0.1, 0.15) is 0 Å². The molecule has 70 valence electrons. The third-order valence-electron chi connectivity index (χ3n) is 1.77. The van der Waals surface area contributed by atoms with Crippen molar-refractivity contribution >= 4 is 17.6 Å². The fourth-order valence-corrected chi connectivity index (χ4v) is 1.93. The average Bonchev–Trinajstić information content (AvgIpc) is 2.67. The molecule has 2 rings (SSSR count). The second kappa shape index (κ2) is 3.67. The van der Waals surface area contributed by atoms with E-state index in [1.807, 2.05) is 0 Å². The number of rotatable bonds is 2. The highest BCUT2D eigenvalue weighted by Gasteiger charge is 2.02. The van der Waals surface area contributed by atoms with E-state index in [1.165, 1.54) is 23.6 Å². The molecule has 0 saturated carbocycles. The van der Waals surface area contributed by atoms with Crippen LogP contribution in [0.25, 0.3) is 10.4 Å². The monoisotopic (exact) mass is 207 g/mol. The molecule has 0 unspecified atom stereocenters. The van der Waals surface area contributed by atoms with E-state index in [0.29, 0.717) is 5.56 Å². The van der Waals surface area contributed by atoms with Crippen LogP contribution in [0.3, 0.4) is 0 Å². The highest BCUT2D eigenvalue weighted by molar-refractivity contribution is 7.13. The number of hydrogen-bond acceptors (Lipinski definition) is 3. The van der Waals surface area contributed by atoms with Crippen LogP contribution >= 0.6 is 11.3 Å². The normalized spacial score (nSPS) is 10.1. The molecule has 0 spiro atoms. The Morgan fingerprint density at radius 1 is 1.43 bits per heavy atom. The van der Waals surface area contributed by atoms with Gasteiger partial charge in [0, 0.05) is 27.6 Å². The number of hydrogen-bond donors (Lipinski definition) is 0. The molecule has 2 aromatic rings. The van der Waals surface area contributed by atoms with Crippen molar-refractivity contribution in [3.8, 4) is 10.4 Å². The van der Waals surface area contributed by atoms with E-state index in [4.69, 9.17) is 0 Å². The molecule has 4 heteroatoms. The zero-order valence-electron chi connectivity index (χ0n) is 7.11. The summed E-state index contributed by atoms with van der Waals surface area (Å²) in [4.78, 5) is 14.9. The van der Waals surface area contributed by atoms with Crippen molar-refractivity contribution in [2.24, 2.45) is 0 Å². The zero-order chi connectivity index (χ0) is 9.97. The van der Waals surface area contributed by atoms with Crippen LogP contribution in [-0.4, -0.2) is 11.3 Å². The molecule has 0 aliphatic rings. The number of thiophene rings is 1. The van der Waals surface area contributed by atoms with Crippen molar-refractivity contribution in [2.45, 2.75) is 0 Å². The number of pyridine rings is 1. The molecule has 0 atom stereocenters. The molecule has 0 saturated heterocycles. The van der Waals surface area contributed by atoms with Crippen LogP contribution in [0.5, 0.6) is 0 Å². The van der Waals surface area contributed by atoms with Crippen molar-refractivity contribution in [3.63, 3.8) is 0 Å². The van der Waals surface area contributed by atoms with Gasteiger partial charge in [-0.2, -0.15) is 4.39 Å². The number of carbonyl (C=O) groups is 1. The lowest BCUT2D eigenvalue weighted by atomic mass is 10.2. The van der Waals surface area contributed by atoms with Crippen molar-refractivity contribution in [3.05, 3.63) is 41.3 Å². The number of nitrogens with zero attached hydrogens (tertiary/aromatic N) is 1. The Labute approximate surface area is 84.0 Å². The van der Waals surface area contributed by atoms with Crippen molar-refractivity contribution in [1.82, 2.24) is 4.98 Å². The van der Waals surface area contributed by atoms with Crippen LogP contribution in [0.1, 0.15) is 10.4 Å². The predicted octanol–water partition coefficient (Wildman–Crippen LogP) is 2.76. The quantitative estimate of drug-likeness (QED) is 0.560. The van der Waals surface area contributed by atoms with Crippen LogP contribution in [0.2, 0.25) is 0 Å². The Morgan fingerprint density at radius 3 is 2.86 bits per heavy atom. The first-order valence-corrected chi connectivity index (χ1v) is 4.83. The SMILES string of the molecule is O=Cc1csc(-c2ccc(F)nc2)c1. The van der Waals surface area contributed by atoms with Gasteiger partial charge in [0.2, 0.25) is 5.95 Å². The maximum absolute atomic E-state index is 12.5. The van der Waals surface area contributed by atoms with Gasteiger partial charge in [-0.3, -0.25) is 4.79 Å². The minimum absolute atomic E-state index is 0.499. The zero-order valence-corrected chi connectivity index (χ0v) is 7.92. The summed E-state index contributed by atoms with van der Waals surface area (Å²) in [5.74, 6) is -0.499. The molecule has 0 radical (unpaired) electrons. The molecule has 2 heterocycles. The first kappa shape index (κ1) is 9.02. The van der Waals surface area contributed by atoms with Crippen LogP contribution in [0.15, 0.2) is 29.8 Å². The maximum atomic E-state index is 12.5. The molecule has 14 heavy (non-hydrogen) atoms. The molecule has 2 nitrogen and oxygen atoms in total. The Hall–Kier alpha value is -1.55. The molecule has 0 aliphatic carbocycles. The number of aromatic nitrogens is 1. The second-order valence-electron chi connectivity index (χ2n) is 2.73. The maximum Gasteiger partial charge on any atom is 0.212 e. The van der Waals surface area contributed by atoms with Crippen LogP contribution in [-0.2, 0) is 0 Å². The van der Waals surface area contributed by atoms with Crippen molar-refractivity contribution < 1.29 is 9.18 Å². The molecular weight excluding hydrogens is 201 g/mol. The van der Waals surface area contributed by atoms with E-state index < -0.39 is 5.95 Å². The van der Waals surface area contributed by atoms with E-state index in [-0.39, 0.29) is 0 Å². The lowest BCUT2D eigenvalue weighted by molar-refractivity contribution is 0.112. The van der Waals surface area contributed by atoms with Crippen LogP contribution in [0, 0.1) is 5.95 Å². The van der Waals surface area contributed by atoms with Crippen molar-refractivity contribution in [1.29, 1.82) is 0 Å². The summed E-state index contributed by atoms with van der Waals surface area (Å²) in [7, 11) is 0. The van der Waals surface area contributed by atoms with Gasteiger partial charge in [0.05, 0.1) is 0 Å². The molecule has 0 aromatic carbocycles. The summed E-state index contributed by atoms with van der Waals surface area (Å²) >= 11 is 1.44. The van der Waals surface area contributed by atoms with E-state index >= 15 is 0 Å². The van der Waals surface area contributed by atoms with E-state index in [1.54, 1.807) is 17.5 Å². The van der Waals surface area contributed by atoms with Gasteiger partial charge in [-0.1, -0.05) is 0 Å². The van der Waals surface area contributed by atoms with Gasteiger partial charge < -0.3 is 0 Å². The second-order valence-corrected chi connectivity index (χ2v) is 3.64. The third-order valence-corrected chi connectivity index (χ3v) is 2.77. The number of aldehydes is 1. The Morgan fingerprint density at radius 2 is 2.29 bits per heavy atom. The fraction of sp³-hybridized carbons (Fsp3) is 0. The van der Waals surface area contributed by atoms with E-state index in [0.717, 1.165) is 16.7 Å². The minimum atomic E-state index is -0.499. The highest BCUT2D eigenvalue weighted by Crippen LogP contribution is 2.25. The first-order valence-electron chi connectivity index (χ1n) is 3.95. The molecule has 2 aromatic heterocycles. The molecule has 0 amide bonds. The van der Waals surface area contributed by atoms with Crippen LogP contribution < -0.4 is 0 Å². The van der Waals surface area contributed by atoms with Gasteiger partial charge in [0.15, 0.2) is 6.29 Å².